The molecular formula is C13H16N2S2. The van der Waals surface area contributed by atoms with Gasteiger partial charge < -0.3 is 5.32 Å². The van der Waals surface area contributed by atoms with Gasteiger partial charge in [-0.1, -0.05) is 30.8 Å². The van der Waals surface area contributed by atoms with Gasteiger partial charge in [-0.3, -0.25) is 0 Å². The van der Waals surface area contributed by atoms with Crippen LogP contribution >= 0.6 is 23.1 Å². The number of nitrogens with one attached hydrogen (secondary N) is 1. The predicted octanol–water partition coefficient (Wildman–Crippen LogP) is 3.71. The first-order valence-electron chi connectivity index (χ1n) is 5.67. The van der Waals surface area contributed by atoms with Crippen LogP contribution in [-0.2, 0) is 6.54 Å². The number of benzene rings is 1. The van der Waals surface area contributed by atoms with Crippen molar-refractivity contribution in [3.63, 3.8) is 0 Å². The molecule has 1 heterocycles. The number of aryl methyl sites for hydroxylation is 1. The molecule has 1 aromatic heterocycles. The topological polar surface area (TPSA) is 24.9 Å². The van der Waals surface area contributed by atoms with Crippen molar-refractivity contribution in [1.29, 1.82) is 0 Å². The van der Waals surface area contributed by atoms with Gasteiger partial charge in [0.2, 0.25) is 0 Å². The van der Waals surface area contributed by atoms with Crippen LogP contribution in [0.4, 0.5) is 0 Å². The molecule has 90 valence electrons. The van der Waals surface area contributed by atoms with Crippen molar-refractivity contribution in [2.24, 2.45) is 0 Å². The van der Waals surface area contributed by atoms with Crippen LogP contribution in [0.25, 0.3) is 0 Å². The van der Waals surface area contributed by atoms with Crippen molar-refractivity contribution in [3.8, 4) is 0 Å². The lowest BCUT2D eigenvalue weighted by Gasteiger charge is -2.03. The van der Waals surface area contributed by atoms with Gasteiger partial charge in [0.15, 0.2) is 4.34 Å². The maximum atomic E-state index is 4.45. The Hall–Kier alpha value is -0.840. The number of rotatable bonds is 5. The van der Waals surface area contributed by atoms with Crippen LogP contribution < -0.4 is 5.32 Å². The quantitative estimate of drug-likeness (QED) is 0.891. The Morgan fingerprint density at radius 3 is 2.65 bits per heavy atom. The second-order valence-electron chi connectivity index (χ2n) is 3.78. The van der Waals surface area contributed by atoms with Gasteiger partial charge in [-0.15, -0.1) is 11.3 Å². The molecule has 0 saturated carbocycles. The van der Waals surface area contributed by atoms with E-state index in [1.165, 1.54) is 10.5 Å². The van der Waals surface area contributed by atoms with Crippen molar-refractivity contribution < 1.29 is 0 Å². The molecule has 0 fully saturated rings. The zero-order chi connectivity index (χ0) is 12.1. The van der Waals surface area contributed by atoms with Gasteiger partial charge in [-0.25, -0.2) is 4.98 Å². The molecule has 0 atom stereocenters. The molecule has 0 aliphatic rings. The highest BCUT2D eigenvalue weighted by Gasteiger charge is 2.01. The van der Waals surface area contributed by atoms with Crippen LogP contribution in [0.1, 0.15) is 18.2 Å². The number of thiazole rings is 1. The molecule has 0 aliphatic heterocycles. The van der Waals surface area contributed by atoms with E-state index in [1.807, 2.05) is 6.92 Å². The van der Waals surface area contributed by atoms with Crippen molar-refractivity contribution in [2.75, 3.05) is 6.54 Å². The molecule has 17 heavy (non-hydrogen) atoms. The Kier molecular flexibility index (Phi) is 4.59. The van der Waals surface area contributed by atoms with Crippen LogP contribution in [0.15, 0.2) is 38.9 Å². The van der Waals surface area contributed by atoms with Gasteiger partial charge in [0.05, 0.1) is 0 Å². The molecule has 2 nitrogen and oxygen atoms in total. The smallest absolute Gasteiger partial charge is 0.154 e. The second kappa shape index (κ2) is 6.19. The van der Waals surface area contributed by atoms with Gasteiger partial charge in [-0.2, -0.15) is 0 Å². The lowest BCUT2D eigenvalue weighted by Crippen LogP contribution is -2.11. The van der Waals surface area contributed by atoms with E-state index in [2.05, 4.69) is 46.9 Å². The van der Waals surface area contributed by atoms with Crippen molar-refractivity contribution in [2.45, 2.75) is 29.6 Å². The SMILES string of the molecule is CCNCc1ccc(Sc2nc(C)cs2)cc1. The Balaban J connectivity index is 1.98. The summed E-state index contributed by atoms with van der Waals surface area (Å²) in [6.07, 6.45) is 0. The minimum absolute atomic E-state index is 0.942. The maximum Gasteiger partial charge on any atom is 0.154 e. The first kappa shape index (κ1) is 12.6. The lowest BCUT2D eigenvalue weighted by molar-refractivity contribution is 0.726. The highest BCUT2D eigenvalue weighted by molar-refractivity contribution is 8.01. The molecule has 1 aromatic carbocycles. The van der Waals surface area contributed by atoms with Crippen molar-refractivity contribution in [1.82, 2.24) is 10.3 Å². The highest BCUT2D eigenvalue weighted by Crippen LogP contribution is 2.30. The Bertz CT molecular complexity index is 463. The predicted molar refractivity (Wildman–Crippen MR) is 74.8 cm³/mol. The summed E-state index contributed by atoms with van der Waals surface area (Å²) in [6.45, 7) is 6.10. The third-order valence-electron chi connectivity index (χ3n) is 2.31. The molecule has 1 N–H and O–H groups in total. The third kappa shape index (κ3) is 3.84. The molecule has 0 saturated heterocycles. The summed E-state index contributed by atoms with van der Waals surface area (Å²) in [4.78, 5) is 5.70. The first-order chi connectivity index (χ1) is 8.28. The molecular weight excluding hydrogens is 248 g/mol. The van der Waals surface area contributed by atoms with E-state index < -0.39 is 0 Å². The molecule has 0 unspecified atom stereocenters. The average molecular weight is 264 g/mol. The fourth-order valence-electron chi connectivity index (χ4n) is 1.42. The molecule has 0 spiro atoms. The van der Waals surface area contributed by atoms with E-state index in [0.29, 0.717) is 0 Å². The highest BCUT2D eigenvalue weighted by atomic mass is 32.2. The molecule has 2 aromatic rings. The van der Waals surface area contributed by atoms with E-state index in [9.17, 15) is 0 Å². The fraction of sp³-hybridized carbons (Fsp3) is 0.308. The standard InChI is InChI=1S/C13H16N2S2/c1-3-14-8-11-4-6-12(7-5-11)17-13-15-10(2)9-16-13/h4-7,9,14H,3,8H2,1-2H3. The summed E-state index contributed by atoms with van der Waals surface area (Å²) >= 11 is 3.43. The molecule has 0 amide bonds. The number of hydrogen-bond donors (Lipinski definition) is 1. The van der Waals surface area contributed by atoms with Crippen LogP contribution in [0, 0.1) is 6.92 Å². The third-order valence-corrected chi connectivity index (χ3v) is 4.37. The number of nitrogens with zero attached hydrogens (tertiary/aromatic N) is 1. The molecule has 0 bridgehead atoms. The molecule has 2 rings (SSSR count). The number of hydrogen-bond acceptors (Lipinski definition) is 4. The second-order valence-corrected chi connectivity index (χ2v) is 5.96. The van der Waals surface area contributed by atoms with Gasteiger partial charge in [0, 0.05) is 22.5 Å². The minimum Gasteiger partial charge on any atom is -0.313 e. The van der Waals surface area contributed by atoms with Crippen LogP contribution in [0.5, 0.6) is 0 Å². The Morgan fingerprint density at radius 1 is 1.29 bits per heavy atom. The van der Waals surface area contributed by atoms with E-state index in [1.54, 1.807) is 23.1 Å². The molecule has 0 aliphatic carbocycles. The van der Waals surface area contributed by atoms with E-state index in [0.717, 1.165) is 23.1 Å². The summed E-state index contributed by atoms with van der Waals surface area (Å²) < 4.78 is 1.11. The zero-order valence-corrected chi connectivity index (χ0v) is 11.7. The number of aromatic nitrogens is 1. The summed E-state index contributed by atoms with van der Waals surface area (Å²) in [6, 6.07) is 8.67. The summed E-state index contributed by atoms with van der Waals surface area (Å²) in [5.41, 5.74) is 2.42. The Morgan fingerprint density at radius 2 is 2.06 bits per heavy atom. The summed E-state index contributed by atoms with van der Waals surface area (Å²) in [7, 11) is 0. The monoisotopic (exact) mass is 264 g/mol. The first-order valence-corrected chi connectivity index (χ1v) is 7.37. The molecule has 4 heteroatoms. The lowest BCUT2D eigenvalue weighted by atomic mass is 10.2. The summed E-state index contributed by atoms with van der Waals surface area (Å²) in [5, 5.41) is 5.41. The largest absolute Gasteiger partial charge is 0.313 e. The van der Waals surface area contributed by atoms with Gasteiger partial charge in [-0.05, 0) is 31.2 Å². The van der Waals surface area contributed by atoms with Crippen LogP contribution in [0.2, 0.25) is 0 Å². The zero-order valence-electron chi connectivity index (χ0n) is 10.1. The van der Waals surface area contributed by atoms with E-state index in [4.69, 9.17) is 0 Å². The van der Waals surface area contributed by atoms with Gasteiger partial charge >= 0.3 is 0 Å². The minimum atomic E-state index is 0.942. The average Bonchev–Trinajstić information content (AvgIpc) is 2.74. The molecule has 0 radical (unpaired) electrons. The van der Waals surface area contributed by atoms with Gasteiger partial charge in [0.1, 0.15) is 0 Å². The van der Waals surface area contributed by atoms with Crippen molar-refractivity contribution >= 4 is 23.1 Å². The fourth-order valence-corrected chi connectivity index (χ4v) is 3.23. The van der Waals surface area contributed by atoms with Crippen molar-refractivity contribution in [3.05, 3.63) is 40.9 Å². The Labute approximate surface area is 110 Å². The maximum absolute atomic E-state index is 4.45. The van der Waals surface area contributed by atoms with E-state index >= 15 is 0 Å². The van der Waals surface area contributed by atoms with Crippen LogP contribution in [0.3, 0.4) is 0 Å². The van der Waals surface area contributed by atoms with E-state index in [-0.39, 0.29) is 0 Å². The summed E-state index contributed by atoms with van der Waals surface area (Å²) in [5.74, 6) is 0. The van der Waals surface area contributed by atoms with Crippen LogP contribution in [-0.4, -0.2) is 11.5 Å². The normalized spacial score (nSPS) is 10.7. The van der Waals surface area contributed by atoms with Gasteiger partial charge in [0.25, 0.3) is 0 Å².